The van der Waals surface area contributed by atoms with Gasteiger partial charge < -0.3 is 4.90 Å². The molecule has 0 N–H and O–H groups in total. The second kappa shape index (κ2) is 5.94. The van der Waals surface area contributed by atoms with Crippen LogP contribution < -0.4 is 0 Å². The molecule has 0 aromatic rings. The summed E-state index contributed by atoms with van der Waals surface area (Å²) in [6.07, 6.45) is 4.22. The lowest BCUT2D eigenvalue weighted by atomic mass is 9.87. The molecule has 3 saturated heterocycles. The topological polar surface area (TPSA) is 9.72 Å². The maximum atomic E-state index is 2.93. The number of fused-ring (bicyclic) bond motifs is 1. The molecule has 0 aliphatic carbocycles. The van der Waals surface area contributed by atoms with E-state index >= 15 is 0 Å². The van der Waals surface area contributed by atoms with Gasteiger partial charge in [-0.3, -0.25) is 9.80 Å². The molecule has 0 saturated carbocycles. The van der Waals surface area contributed by atoms with Crippen LogP contribution in [0.5, 0.6) is 0 Å². The van der Waals surface area contributed by atoms with Gasteiger partial charge in [0.05, 0.1) is 0 Å². The molecular weight excluding hydrogens is 246 g/mol. The minimum absolute atomic E-state index is 0.778. The van der Waals surface area contributed by atoms with E-state index in [-0.39, 0.29) is 0 Å². The van der Waals surface area contributed by atoms with E-state index in [0.717, 1.165) is 30.0 Å². The number of nitrogens with zero attached hydrogens (tertiary/aromatic N) is 3. The Kier molecular flexibility index (Phi) is 4.40. The number of hydrogen-bond acceptors (Lipinski definition) is 3. The molecule has 3 fully saturated rings. The van der Waals surface area contributed by atoms with Gasteiger partial charge in [0, 0.05) is 37.8 Å². The molecule has 116 valence electrons. The SMILES string of the molecule is CC(C)C1CN2CCCC2CN1C1CCN(C)CC1C. The van der Waals surface area contributed by atoms with Crippen molar-refractivity contribution in [3.05, 3.63) is 0 Å². The van der Waals surface area contributed by atoms with Gasteiger partial charge in [0.15, 0.2) is 0 Å². The first-order valence-corrected chi connectivity index (χ1v) is 8.74. The van der Waals surface area contributed by atoms with Gasteiger partial charge in [0.25, 0.3) is 0 Å². The van der Waals surface area contributed by atoms with Gasteiger partial charge in [0.2, 0.25) is 0 Å². The number of piperazine rings is 1. The van der Waals surface area contributed by atoms with Crippen LogP contribution in [0.2, 0.25) is 0 Å². The van der Waals surface area contributed by atoms with Gasteiger partial charge in [0.1, 0.15) is 0 Å². The molecule has 20 heavy (non-hydrogen) atoms. The quantitative estimate of drug-likeness (QED) is 0.767. The Hall–Kier alpha value is -0.120. The van der Waals surface area contributed by atoms with Crippen LogP contribution in [-0.2, 0) is 0 Å². The molecular formula is C17H33N3. The molecule has 0 bridgehead atoms. The van der Waals surface area contributed by atoms with Crippen LogP contribution in [-0.4, -0.2) is 72.6 Å². The molecule has 3 heterocycles. The monoisotopic (exact) mass is 279 g/mol. The summed E-state index contributed by atoms with van der Waals surface area (Å²) >= 11 is 0. The fourth-order valence-corrected chi connectivity index (χ4v) is 4.88. The van der Waals surface area contributed by atoms with Crippen molar-refractivity contribution >= 4 is 0 Å². The third-order valence-electron chi connectivity index (χ3n) is 6.03. The van der Waals surface area contributed by atoms with Gasteiger partial charge >= 0.3 is 0 Å². The van der Waals surface area contributed by atoms with Gasteiger partial charge in [-0.05, 0) is 51.2 Å². The Bertz CT molecular complexity index is 330. The highest BCUT2D eigenvalue weighted by Gasteiger charge is 2.42. The molecule has 3 aliphatic heterocycles. The summed E-state index contributed by atoms with van der Waals surface area (Å²) in [5.41, 5.74) is 0. The largest absolute Gasteiger partial charge is 0.306 e. The van der Waals surface area contributed by atoms with Gasteiger partial charge in [-0.25, -0.2) is 0 Å². The molecule has 3 rings (SSSR count). The van der Waals surface area contributed by atoms with Gasteiger partial charge in [-0.2, -0.15) is 0 Å². The predicted octanol–water partition coefficient (Wildman–Crippen LogP) is 2.13. The Morgan fingerprint density at radius 3 is 2.50 bits per heavy atom. The normalized spacial score (nSPS) is 41.2. The van der Waals surface area contributed by atoms with Crippen molar-refractivity contribution in [2.45, 2.75) is 58.2 Å². The summed E-state index contributed by atoms with van der Waals surface area (Å²) in [5.74, 6) is 1.60. The zero-order valence-electron chi connectivity index (χ0n) is 13.9. The summed E-state index contributed by atoms with van der Waals surface area (Å²) in [6, 6.07) is 2.46. The van der Waals surface area contributed by atoms with E-state index in [1.54, 1.807) is 0 Å². The Morgan fingerprint density at radius 1 is 1.00 bits per heavy atom. The summed E-state index contributed by atoms with van der Waals surface area (Å²) in [5, 5.41) is 0. The Labute approximate surface area is 125 Å². The summed E-state index contributed by atoms with van der Waals surface area (Å²) in [4.78, 5) is 8.22. The summed E-state index contributed by atoms with van der Waals surface area (Å²) in [7, 11) is 2.28. The maximum absolute atomic E-state index is 2.93. The first kappa shape index (κ1) is 14.8. The lowest BCUT2D eigenvalue weighted by Crippen LogP contribution is -2.63. The van der Waals surface area contributed by atoms with Crippen molar-refractivity contribution in [2.75, 3.05) is 39.8 Å². The minimum atomic E-state index is 0.778. The molecule has 0 aromatic carbocycles. The molecule has 4 atom stereocenters. The first-order chi connectivity index (χ1) is 9.56. The number of piperidine rings is 1. The van der Waals surface area contributed by atoms with Crippen LogP contribution in [0, 0.1) is 11.8 Å². The molecule has 3 aliphatic rings. The lowest BCUT2D eigenvalue weighted by molar-refractivity contribution is -0.0341. The highest BCUT2D eigenvalue weighted by molar-refractivity contribution is 4.97. The minimum Gasteiger partial charge on any atom is -0.306 e. The first-order valence-electron chi connectivity index (χ1n) is 8.74. The smallest absolute Gasteiger partial charge is 0.0249 e. The average molecular weight is 279 g/mol. The van der Waals surface area contributed by atoms with E-state index in [4.69, 9.17) is 0 Å². The van der Waals surface area contributed by atoms with Crippen molar-refractivity contribution in [2.24, 2.45) is 11.8 Å². The molecule has 3 nitrogen and oxygen atoms in total. The number of hydrogen-bond donors (Lipinski definition) is 0. The Balaban J connectivity index is 1.74. The van der Waals surface area contributed by atoms with E-state index in [0.29, 0.717) is 0 Å². The highest BCUT2D eigenvalue weighted by Crippen LogP contribution is 2.33. The van der Waals surface area contributed by atoms with Crippen LogP contribution >= 0.6 is 0 Å². The highest BCUT2D eigenvalue weighted by atomic mass is 15.3. The average Bonchev–Trinajstić information content (AvgIpc) is 2.84. The van der Waals surface area contributed by atoms with Crippen LogP contribution in [0.3, 0.4) is 0 Å². The third-order valence-corrected chi connectivity index (χ3v) is 6.03. The van der Waals surface area contributed by atoms with Crippen molar-refractivity contribution < 1.29 is 0 Å². The van der Waals surface area contributed by atoms with Crippen LogP contribution in [0.25, 0.3) is 0 Å². The summed E-state index contributed by atoms with van der Waals surface area (Å²) < 4.78 is 0. The molecule has 3 heteroatoms. The second-order valence-corrected chi connectivity index (χ2v) is 7.89. The van der Waals surface area contributed by atoms with Crippen molar-refractivity contribution in [1.82, 2.24) is 14.7 Å². The van der Waals surface area contributed by atoms with Crippen LogP contribution in [0.4, 0.5) is 0 Å². The predicted molar refractivity (Wildman–Crippen MR) is 85.0 cm³/mol. The van der Waals surface area contributed by atoms with E-state index in [2.05, 4.69) is 42.5 Å². The second-order valence-electron chi connectivity index (χ2n) is 7.89. The Morgan fingerprint density at radius 2 is 1.80 bits per heavy atom. The summed E-state index contributed by atoms with van der Waals surface area (Å²) in [6.45, 7) is 13.9. The van der Waals surface area contributed by atoms with Crippen molar-refractivity contribution in [1.29, 1.82) is 0 Å². The number of likely N-dealkylation sites (tertiary alicyclic amines) is 1. The van der Waals surface area contributed by atoms with Gasteiger partial charge in [-0.15, -0.1) is 0 Å². The maximum Gasteiger partial charge on any atom is 0.0249 e. The number of rotatable bonds is 2. The van der Waals surface area contributed by atoms with Crippen LogP contribution in [0.15, 0.2) is 0 Å². The van der Waals surface area contributed by atoms with E-state index < -0.39 is 0 Å². The van der Waals surface area contributed by atoms with Crippen LogP contribution in [0.1, 0.15) is 40.0 Å². The fraction of sp³-hybridized carbons (Fsp3) is 1.00. The van der Waals surface area contributed by atoms with E-state index in [1.165, 1.54) is 52.0 Å². The van der Waals surface area contributed by atoms with Gasteiger partial charge in [-0.1, -0.05) is 20.8 Å². The molecule has 4 unspecified atom stereocenters. The molecule has 0 spiro atoms. The van der Waals surface area contributed by atoms with Crippen molar-refractivity contribution in [3.63, 3.8) is 0 Å². The molecule has 0 radical (unpaired) electrons. The lowest BCUT2D eigenvalue weighted by Gasteiger charge is -2.52. The zero-order valence-corrected chi connectivity index (χ0v) is 13.9. The standard InChI is InChI=1S/C17H33N3/c1-13(2)17-12-19-8-5-6-15(19)11-20(17)16-7-9-18(4)10-14(16)3/h13-17H,5-12H2,1-4H3. The third kappa shape index (κ3) is 2.77. The molecule has 0 aromatic heterocycles. The van der Waals surface area contributed by atoms with Crippen molar-refractivity contribution in [3.8, 4) is 0 Å². The van der Waals surface area contributed by atoms with E-state index in [9.17, 15) is 0 Å². The zero-order chi connectivity index (χ0) is 14.3. The fourth-order valence-electron chi connectivity index (χ4n) is 4.88. The van der Waals surface area contributed by atoms with E-state index in [1.807, 2.05) is 0 Å². The molecule has 0 amide bonds.